The Balaban J connectivity index is 1.74. The van der Waals surface area contributed by atoms with Gasteiger partial charge < -0.3 is 10.6 Å². The number of rotatable bonds is 3. The van der Waals surface area contributed by atoms with Crippen molar-refractivity contribution in [2.45, 2.75) is 6.04 Å². The van der Waals surface area contributed by atoms with Crippen LogP contribution in [0.25, 0.3) is 11.1 Å². The quantitative estimate of drug-likeness (QED) is 0.772. The molecule has 1 fully saturated rings. The van der Waals surface area contributed by atoms with E-state index in [1.807, 2.05) is 30.5 Å². The van der Waals surface area contributed by atoms with E-state index in [0.29, 0.717) is 11.6 Å². The van der Waals surface area contributed by atoms with Gasteiger partial charge in [-0.25, -0.2) is 0 Å². The SMILES string of the molecule is N#Cc1cccc(-c2cc3c(c(NC4CNC4)c2)N=C3)c1. The van der Waals surface area contributed by atoms with E-state index in [1.54, 1.807) is 0 Å². The summed E-state index contributed by atoms with van der Waals surface area (Å²) in [5.74, 6) is 0. The molecule has 4 heteroatoms. The van der Waals surface area contributed by atoms with Gasteiger partial charge in [-0.05, 0) is 35.4 Å². The molecule has 0 unspecified atom stereocenters. The van der Waals surface area contributed by atoms with Crippen LogP contribution in [0.15, 0.2) is 41.4 Å². The van der Waals surface area contributed by atoms with Crippen molar-refractivity contribution in [3.63, 3.8) is 0 Å². The third-order valence-corrected chi connectivity index (χ3v) is 3.94. The third kappa shape index (κ3) is 2.08. The molecular weight excluding hydrogens is 260 g/mol. The Morgan fingerprint density at radius 1 is 1.19 bits per heavy atom. The maximum Gasteiger partial charge on any atom is 0.0991 e. The van der Waals surface area contributed by atoms with Crippen LogP contribution in [0.3, 0.4) is 0 Å². The van der Waals surface area contributed by atoms with Gasteiger partial charge in [0.2, 0.25) is 0 Å². The highest BCUT2D eigenvalue weighted by molar-refractivity contribution is 6.03. The van der Waals surface area contributed by atoms with Crippen molar-refractivity contribution in [1.82, 2.24) is 5.32 Å². The zero-order valence-electron chi connectivity index (χ0n) is 11.4. The standard InChI is InChI=1S/C17H14N4/c18-7-11-2-1-3-12(4-11)13-5-14-8-20-17(14)16(6-13)21-15-9-19-10-15/h1-6,8,15,19,21H,9-10H2. The largest absolute Gasteiger partial charge is 0.378 e. The highest BCUT2D eigenvalue weighted by Gasteiger charge is 2.21. The van der Waals surface area contributed by atoms with Gasteiger partial charge in [-0.2, -0.15) is 5.26 Å². The number of nitrogens with one attached hydrogen (secondary N) is 2. The molecule has 2 heterocycles. The molecule has 0 saturated carbocycles. The molecule has 2 aliphatic heterocycles. The van der Waals surface area contributed by atoms with Crippen molar-refractivity contribution >= 4 is 17.6 Å². The minimum atomic E-state index is 0.477. The summed E-state index contributed by atoms with van der Waals surface area (Å²) in [6.45, 7) is 1.99. The van der Waals surface area contributed by atoms with Gasteiger partial charge in [-0.1, -0.05) is 12.1 Å². The Labute approximate surface area is 123 Å². The van der Waals surface area contributed by atoms with Crippen LogP contribution in [0.4, 0.5) is 11.4 Å². The lowest BCUT2D eigenvalue weighted by Gasteiger charge is -2.30. The molecular formula is C17H14N4. The summed E-state index contributed by atoms with van der Waals surface area (Å²) >= 11 is 0. The van der Waals surface area contributed by atoms with Crippen LogP contribution in [0.1, 0.15) is 11.1 Å². The summed E-state index contributed by atoms with van der Waals surface area (Å²) in [4.78, 5) is 4.35. The van der Waals surface area contributed by atoms with Crippen LogP contribution in [0.5, 0.6) is 0 Å². The molecule has 2 aromatic rings. The average Bonchev–Trinajstić information content (AvgIpc) is 2.44. The van der Waals surface area contributed by atoms with Crippen LogP contribution in [0.2, 0.25) is 0 Å². The maximum atomic E-state index is 9.04. The van der Waals surface area contributed by atoms with Gasteiger partial charge in [-0.15, -0.1) is 0 Å². The topological polar surface area (TPSA) is 60.2 Å². The molecule has 0 amide bonds. The highest BCUT2D eigenvalue weighted by atomic mass is 15.1. The molecule has 4 nitrogen and oxygen atoms in total. The first-order chi connectivity index (χ1) is 10.3. The smallest absolute Gasteiger partial charge is 0.0991 e. The second-order valence-electron chi connectivity index (χ2n) is 5.41. The van der Waals surface area contributed by atoms with Crippen molar-refractivity contribution in [3.05, 3.63) is 47.5 Å². The molecule has 1 saturated heterocycles. The monoisotopic (exact) mass is 274 g/mol. The van der Waals surface area contributed by atoms with Crippen molar-refractivity contribution in [3.8, 4) is 17.2 Å². The molecule has 0 radical (unpaired) electrons. The number of anilines is 1. The van der Waals surface area contributed by atoms with E-state index in [9.17, 15) is 0 Å². The normalized spacial score (nSPS) is 15.6. The minimum Gasteiger partial charge on any atom is -0.378 e. The summed E-state index contributed by atoms with van der Waals surface area (Å²) in [5, 5.41) is 15.8. The molecule has 21 heavy (non-hydrogen) atoms. The van der Waals surface area contributed by atoms with Gasteiger partial charge in [0.15, 0.2) is 0 Å². The van der Waals surface area contributed by atoms with Crippen molar-refractivity contribution in [1.29, 1.82) is 5.26 Å². The first kappa shape index (κ1) is 12.1. The fourth-order valence-corrected chi connectivity index (χ4v) is 2.62. The van der Waals surface area contributed by atoms with Gasteiger partial charge in [-0.3, -0.25) is 4.99 Å². The Morgan fingerprint density at radius 3 is 2.76 bits per heavy atom. The molecule has 4 rings (SSSR count). The summed E-state index contributed by atoms with van der Waals surface area (Å²) in [6.07, 6.45) is 1.89. The zero-order valence-corrected chi connectivity index (χ0v) is 11.4. The van der Waals surface area contributed by atoms with Gasteiger partial charge in [0.05, 0.1) is 29.0 Å². The first-order valence-corrected chi connectivity index (χ1v) is 7.03. The lowest BCUT2D eigenvalue weighted by atomic mass is 9.97. The van der Waals surface area contributed by atoms with Crippen LogP contribution in [-0.4, -0.2) is 25.3 Å². The Bertz CT molecular complexity index is 782. The van der Waals surface area contributed by atoms with E-state index in [-0.39, 0.29) is 0 Å². The molecule has 0 aromatic heterocycles. The van der Waals surface area contributed by atoms with Gasteiger partial charge in [0.1, 0.15) is 0 Å². The second kappa shape index (κ2) is 4.72. The minimum absolute atomic E-state index is 0.477. The van der Waals surface area contributed by atoms with E-state index in [4.69, 9.17) is 5.26 Å². The number of benzene rings is 2. The Morgan fingerprint density at radius 2 is 2.10 bits per heavy atom. The van der Waals surface area contributed by atoms with Crippen molar-refractivity contribution in [2.75, 3.05) is 18.4 Å². The summed E-state index contributed by atoms with van der Waals surface area (Å²) in [5.41, 5.74) is 6.14. The van der Waals surface area contributed by atoms with E-state index in [0.717, 1.165) is 41.2 Å². The number of aliphatic imine (C=N–C) groups is 1. The number of nitriles is 1. The Kier molecular flexibility index (Phi) is 2.73. The third-order valence-electron chi connectivity index (χ3n) is 3.94. The van der Waals surface area contributed by atoms with E-state index in [2.05, 4.69) is 33.8 Å². The van der Waals surface area contributed by atoms with Crippen LogP contribution in [-0.2, 0) is 0 Å². The Hall–Kier alpha value is -2.64. The second-order valence-corrected chi connectivity index (χ2v) is 5.41. The van der Waals surface area contributed by atoms with Crippen LogP contribution in [0, 0.1) is 11.3 Å². The highest BCUT2D eigenvalue weighted by Crippen LogP contribution is 2.39. The lowest BCUT2D eigenvalue weighted by molar-refractivity contribution is 0.472. The van der Waals surface area contributed by atoms with Gasteiger partial charge in [0, 0.05) is 24.9 Å². The van der Waals surface area contributed by atoms with Crippen molar-refractivity contribution in [2.24, 2.45) is 4.99 Å². The van der Waals surface area contributed by atoms with E-state index in [1.165, 1.54) is 0 Å². The fraction of sp³-hybridized carbons (Fsp3) is 0.176. The van der Waals surface area contributed by atoms with E-state index >= 15 is 0 Å². The van der Waals surface area contributed by atoms with Crippen molar-refractivity contribution < 1.29 is 0 Å². The molecule has 2 aromatic carbocycles. The molecule has 0 atom stereocenters. The number of hydrogen-bond acceptors (Lipinski definition) is 4. The first-order valence-electron chi connectivity index (χ1n) is 7.03. The average molecular weight is 274 g/mol. The predicted octanol–water partition coefficient (Wildman–Crippen LogP) is 2.67. The molecule has 0 bridgehead atoms. The number of hydrogen-bond donors (Lipinski definition) is 2. The number of nitrogens with zero attached hydrogens (tertiary/aromatic N) is 2. The molecule has 102 valence electrons. The molecule has 0 aliphatic carbocycles. The summed E-state index contributed by atoms with van der Waals surface area (Å²) < 4.78 is 0. The van der Waals surface area contributed by atoms with Gasteiger partial charge >= 0.3 is 0 Å². The van der Waals surface area contributed by atoms with Gasteiger partial charge in [0.25, 0.3) is 0 Å². The predicted molar refractivity (Wildman–Crippen MR) is 84.1 cm³/mol. The molecule has 2 N–H and O–H groups in total. The molecule has 2 aliphatic rings. The van der Waals surface area contributed by atoms with E-state index < -0.39 is 0 Å². The lowest BCUT2D eigenvalue weighted by Crippen LogP contribution is -2.51. The van der Waals surface area contributed by atoms with Crippen LogP contribution < -0.4 is 10.6 Å². The fourth-order valence-electron chi connectivity index (χ4n) is 2.62. The molecule has 0 spiro atoms. The maximum absolute atomic E-state index is 9.04. The summed E-state index contributed by atoms with van der Waals surface area (Å²) in [7, 11) is 0. The van der Waals surface area contributed by atoms with Crippen LogP contribution >= 0.6 is 0 Å². The zero-order chi connectivity index (χ0) is 14.2. The number of fused-ring (bicyclic) bond motifs is 1. The summed E-state index contributed by atoms with van der Waals surface area (Å²) in [6, 6.07) is 14.6.